The lowest BCUT2D eigenvalue weighted by atomic mass is 10.2. The largest absolute Gasteiger partial charge is 0.416 e. The highest BCUT2D eigenvalue weighted by molar-refractivity contribution is 6.43. The van der Waals surface area contributed by atoms with Crippen LogP contribution in [0.5, 0.6) is 0 Å². The van der Waals surface area contributed by atoms with E-state index in [9.17, 15) is 22.8 Å². The van der Waals surface area contributed by atoms with Crippen LogP contribution < -0.4 is 15.5 Å². The number of nitrogens with one attached hydrogen (secondary N) is 2. The topological polar surface area (TPSA) is 61.4 Å². The van der Waals surface area contributed by atoms with Crippen molar-refractivity contribution < 1.29 is 22.8 Å². The molecule has 2 aromatic rings. The summed E-state index contributed by atoms with van der Waals surface area (Å²) >= 11 is 0. The van der Waals surface area contributed by atoms with E-state index in [-0.39, 0.29) is 5.69 Å². The molecule has 0 heterocycles. The molecule has 132 valence electrons. The molecule has 5 nitrogen and oxygen atoms in total. The molecule has 0 aliphatic heterocycles. The molecule has 0 aliphatic carbocycles. The van der Waals surface area contributed by atoms with Crippen LogP contribution >= 0.6 is 0 Å². The number of hydrogen-bond donors (Lipinski definition) is 2. The second-order valence-corrected chi connectivity index (χ2v) is 5.42. The van der Waals surface area contributed by atoms with Crippen LogP contribution in [-0.4, -0.2) is 25.9 Å². The molecule has 0 radical (unpaired) electrons. The highest BCUT2D eigenvalue weighted by Crippen LogP contribution is 2.29. The number of halogens is 3. The first-order valence-electron chi connectivity index (χ1n) is 7.24. The number of carbonyl (C=O) groups is 2. The molecule has 0 unspecified atom stereocenters. The summed E-state index contributed by atoms with van der Waals surface area (Å²) in [5.41, 5.74) is 0.609. The number of benzene rings is 2. The molecule has 0 spiro atoms. The molecule has 0 bridgehead atoms. The zero-order chi connectivity index (χ0) is 18.6. The predicted octanol–water partition coefficient (Wildman–Crippen LogP) is 3.35. The van der Waals surface area contributed by atoms with Crippen LogP contribution in [0.1, 0.15) is 5.56 Å². The molecule has 2 N–H and O–H groups in total. The lowest BCUT2D eigenvalue weighted by Gasteiger charge is -2.13. The molecule has 2 aromatic carbocycles. The summed E-state index contributed by atoms with van der Waals surface area (Å²) in [7, 11) is 3.73. The standard InChI is InChI=1S/C17H16F3N3O2/c1-23(2)14-9-7-13(8-10-14)22-16(25)15(24)21-12-5-3-11(4-6-12)17(18,19)20/h3-10H,1-2H3,(H,21,24)(H,22,25). The minimum absolute atomic E-state index is 0.0936. The Morgan fingerprint density at radius 1 is 0.800 bits per heavy atom. The van der Waals surface area contributed by atoms with E-state index < -0.39 is 23.6 Å². The van der Waals surface area contributed by atoms with Crippen LogP contribution in [0.15, 0.2) is 48.5 Å². The number of rotatable bonds is 3. The van der Waals surface area contributed by atoms with Crippen molar-refractivity contribution in [2.45, 2.75) is 6.18 Å². The molecule has 0 aromatic heterocycles. The first-order chi connectivity index (χ1) is 11.7. The third kappa shape index (κ3) is 4.97. The average molecular weight is 351 g/mol. The molecule has 8 heteroatoms. The summed E-state index contributed by atoms with van der Waals surface area (Å²) < 4.78 is 37.4. The number of alkyl halides is 3. The number of carbonyl (C=O) groups excluding carboxylic acids is 2. The molecule has 2 amide bonds. The van der Waals surface area contributed by atoms with E-state index in [1.807, 2.05) is 19.0 Å². The minimum Gasteiger partial charge on any atom is -0.378 e. The van der Waals surface area contributed by atoms with E-state index in [1.165, 1.54) is 0 Å². The number of nitrogens with zero attached hydrogens (tertiary/aromatic N) is 1. The van der Waals surface area contributed by atoms with Crippen LogP contribution in [0.25, 0.3) is 0 Å². The maximum absolute atomic E-state index is 12.5. The van der Waals surface area contributed by atoms with Gasteiger partial charge in [-0.3, -0.25) is 9.59 Å². The number of hydrogen-bond acceptors (Lipinski definition) is 3. The van der Waals surface area contributed by atoms with Gasteiger partial charge >= 0.3 is 18.0 Å². The SMILES string of the molecule is CN(C)c1ccc(NC(=O)C(=O)Nc2ccc(C(F)(F)F)cc2)cc1. The first-order valence-corrected chi connectivity index (χ1v) is 7.24. The molecular weight excluding hydrogens is 335 g/mol. The van der Waals surface area contributed by atoms with E-state index in [0.717, 1.165) is 30.0 Å². The van der Waals surface area contributed by atoms with Gasteiger partial charge in [0.1, 0.15) is 0 Å². The van der Waals surface area contributed by atoms with Crippen molar-refractivity contribution in [2.75, 3.05) is 29.6 Å². The van der Waals surface area contributed by atoms with Crippen molar-refractivity contribution >= 4 is 28.9 Å². The van der Waals surface area contributed by atoms with Crippen LogP contribution in [0.4, 0.5) is 30.2 Å². The third-order valence-corrected chi connectivity index (χ3v) is 3.32. The van der Waals surface area contributed by atoms with Gasteiger partial charge in [0, 0.05) is 31.2 Å². The molecule has 0 aliphatic rings. The van der Waals surface area contributed by atoms with Gasteiger partial charge < -0.3 is 15.5 Å². The Morgan fingerprint density at radius 3 is 1.56 bits per heavy atom. The van der Waals surface area contributed by atoms with Crippen molar-refractivity contribution in [2.24, 2.45) is 0 Å². The maximum atomic E-state index is 12.5. The summed E-state index contributed by atoms with van der Waals surface area (Å²) in [6.45, 7) is 0. The highest BCUT2D eigenvalue weighted by Gasteiger charge is 2.30. The van der Waals surface area contributed by atoms with Gasteiger partial charge in [-0.15, -0.1) is 0 Å². The fraction of sp³-hybridized carbons (Fsp3) is 0.176. The van der Waals surface area contributed by atoms with Crippen molar-refractivity contribution in [3.8, 4) is 0 Å². The Morgan fingerprint density at radius 2 is 1.20 bits per heavy atom. The second-order valence-electron chi connectivity index (χ2n) is 5.42. The quantitative estimate of drug-likeness (QED) is 0.834. The van der Waals surface area contributed by atoms with Gasteiger partial charge in [-0.2, -0.15) is 13.2 Å². The predicted molar refractivity (Wildman–Crippen MR) is 89.5 cm³/mol. The van der Waals surface area contributed by atoms with E-state index in [4.69, 9.17) is 0 Å². The van der Waals surface area contributed by atoms with Crippen LogP contribution in [0.3, 0.4) is 0 Å². The fourth-order valence-corrected chi connectivity index (χ4v) is 1.96. The summed E-state index contributed by atoms with van der Waals surface area (Å²) in [5.74, 6) is -1.89. The van der Waals surface area contributed by atoms with Crippen molar-refractivity contribution in [1.82, 2.24) is 0 Å². The Hall–Kier alpha value is -3.03. The summed E-state index contributed by atoms with van der Waals surface area (Å²) in [6.07, 6.45) is -4.46. The summed E-state index contributed by atoms with van der Waals surface area (Å²) in [6, 6.07) is 10.6. The third-order valence-electron chi connectivity index (χ3n) is 3.32. The number of anilines is 3. The Balaban J connectivity index is 1.97. The van der Waals surface area contributed by atoms with E-state index in [0.29, 0.717) is 5.69 Å². The van der Waals surface area contributed by atoms with Gasteiger partial charge in [0.05, 0.1) is 5.56 Å². The first kappa shape index (κ1) is 18.3. The van der Waals surface area contributed by atoms with Crippen LogP contribution in [0.2, 0.25) is 0 Å². The number of amides is 2. The van der Waals surface area contributed by atoms with Crippen molar-refractivity contribution in [3.05, 3.63) is 54.1 Å². The minimum atomic E-state index is -4.46. The van der Waals surface area contributed by atoms with Gasteiger partial charge in [-0.1, -0.05) is 0 Å². The Kier molecular flexibility index (Phi) is 5.31. The van der Waals surface area contributed by atoms with Gasteiger partial charge in [0.15, 0.2) is 0 Å². The van der Waals surface area contributed by atoms with Crippen molar-refractivity contribution in [3.63, 3.8) is 0 Å². The van der Waals surface area contributed by atoms with Crippen LogP contribution in [0, 0.1) is 0 Å². The van der Waals surface area contributed by atoms with Gasteiger partial charge in [-0.05, 0) is 48.5 Å². The molecule has 0 saturated carbocycles. The van der Waals surface area contributed by atoms with Gasteiger partial charge in [0.25, 0.3) is 0 Å². The normalized spacial score (nSPS) is 10.9. The fourth-order valence-electron chi connectivity index (χ4n) is 1.96. The monoisotopic (exact) mass is 351 g/mol. The molecule has 25 heavy (non-hydrogen) atoms. The van der Waals surface area contributed by atoms with Gasteiger partial charge in [0.2, 0.25) is 0 Å². The molecule has 0 saturated heterocycles. The Labute approximate surface area is 142 Å². The molecule has 0 fully saturated rings. The van der Waals surface area contributed by atoms with E-state index in [1.54, 1.807) is 24.3 Å². The Bertz CT molecular complexity index is 754. The van der Waals surface area contributed by atoms with Crippen LogP contribution in [-0.2, 0) is 15.8 Å². The highest BCUT2D eigenvalue weighted by atomic mass is 19.4. The lowest BCUT2D eigenvalue weighted by Crippen LogP contribution is -2.29. The summed E-state index contributed by atoms with van der Waals surface area (Å²) in [5, 5.41) is 4.66. The zero-order valence-electron chi connectivity index (χ0n) is 13.5. The lowest BCUT2D eigenvalue weighted by molar-refractivity contribution is -0.137. The molecule has 2 rings (SSSR count). The van der Waals surface area contributed by atoms with E-state index in [2.05, 4.69) is 10.6 Å². The molecule has 0 atom stereocenters. The second kappa shape index (κ2) is 7.25. The molecular formula is C17H16F3N3O2. The smallest absolute Gasteiger partial charge is 0.378 e. The zero-order valence-corrected chi connectivity index (χ0v) is 13.5. The van der Waals surface area contributed by atoms with Crippen molar-refractivity contribution in [1.29, 1.82) is 0 Å². The average Bonchev–Trinajstić information content (AvgIpc) is 2.55. The maximum Gasteiger partial charge on any atom is 0.416 e. The van der Waals surface area contributed by atoms with Gasteiger partial charge in [-0.25, -0.2) is 0 Å². The summed E-state index contributed by atoms with van der Waals surface area (Å²) in [4.78, 5) is 25.5. The van der Waals surface area contributed by atoms with E-state index >= 15 is 0 Å².